The van der Waals surface area contributed by atoms with E-state index in [0.717, 1.165) is 11.3 Å². The number of rotatable bonds is 7. The van der Waals surface area contributed by atoms with Gasteiger partial charge in [0.15, 0.2) is 6.61 Å². The van der Waals surface area contributed by atoms with Gasteiger partial charge in [-0.05, 0) is 56.7 Å². The fourth-order valence-corrected chi connectivity index (χ4v) is 3.25. The van der Waals surface area contributed by atoms with Gasteiger partial charge in [0, 0.05) is 24.3 Å². The first kappa shape index (κ1) is 21.4. The molecule has 0 spiro atoms. The number of carbonyl (C=O) groups excluding carboxylic acids is 3. The fraction of sp³-hybridized carbons (Fsp3) is 0.348. The average Bonchev–Trinajstić information content (AvgIpc) is 3.10. The lowest BCUT2D eigenvalue weighted by Gasteiger charge is -2.17. The second-order valence-electron chi connectivity index (χ2n) is 7.54. The molecular weight excluding hydrogens is 384 g/mol. The predicted molar refractivity (Wildman–Crippen MR) is 113 cm³/mol. The molecule has 158 valence electrons. The molecule has 0 saturated carbocycles. The highest BCUT2D eigenvalue weighted by Gasteiger charge is 2.36. The maximum atomic E-state index is 12.4. The number of esters is 1. The first-order chi connectivity index (χ1) is 14.3. The van der Waals surface area contributed by atoms with Crippen molar-refractivity contribution in [3.05, 3.63) is 54.1 Å². The Balaban J connectivity index is 1.52. The molecule has 0 unspecified atom stereocenters. The molecule has 1 heterocycles. The molecule has 0 aliphatic carbocycles. The van der Waals surface area contributed by atoms with Crippen LogP contribution in [0.3, 0.4) is 0 Å². The third-order valence-electron chi connectivity index (χ3n) is 4.74. The summed E-state index contributed by atoms with van der Waals surface area (Å²) in [6.45, 7) is 5.59. The van der Waals surface area contributed by atoms with E-state index in [-0.39, 0.29) is 31.6 Å². The number of nitrogens with zero attached hydrogens (tertiary/aromatic N) is 1. The van der Waals surface area contributed by atoms with Crippen molar-refractivity contribution < 1.29 is 23.9 Å². The van der Waals surface area contributed by atoms with Crippen LogP contribution in [0, 0.1) is 12.8 Å². The van der Waals surface area contributed by atoms with E-state index < -0.39 is 17.8 Å². The first-order valence-electron chi connectivity index (χ1n) is 9.92. The Morgan fingerprint density at radius 1 is 1.13 bits per heavy atom. The number of hydrogen-bond donors (Lipinski definition) is 1. The highest BCUT2D eigenvalue weighted by molar-refractivity contribution is 6.00. The van der Waals surface area contributed by atoms with Crippen molar-refractivity contribution in [1.29, 1.82) is 0 Å². The van der Waals surface area contributed by atoms with Gasteiger partial charge >= 0.3 is 5.97 Å². The summed E-state index contributed by atoms with van der Waals surface area (Å²) in [5.41, 5.74) is 2.29. The number of para-hydroxylation sites is 1. The SMILES string of the molecule is Cc1ccccc1NC(=O)COC(=O)[C@H]1CC(=O)N(c2ccc(OC(C)C)cc2)C1. The molecule has 2 aromatic rings. The Hall–Kier alpha value is -3.35. The Morgan fingerprint density at radius 3 is 2.50 bits per heavy atom. The van der Waals surface area contributed by atoms with Gasteiger partial charge in [0.1, 0.15) is 5.75 Å². The molecule has 30 heavy (non-hydrogen) atoms. The molecular formula is C23H26N2O5. The molecule has 3 rings (SSSR count). The lowest BCUT2D eigenvalue weighted by Crippen LogP contribution is -2.28. The summed E-state index contributed by atoms with van der Waals surface area (Å²) in [6, 6.07) is 14.5. The summed E-state index contributed by atoms with van der Waals surface area (Å²) in [5, 5.41) is 2.71. The van der Waals surface area contributed by atoms with Gasteiger partial charge in [0.25, 0.3) is 5.91 Å². The van der Waals surface area contributed by atoms with E-state index in [4.69, 9.17) is 9.47 Å². The normalized spacial score (nSPS) is 15.9. The van der Waals surface area contributed by atoms with Crippen molar-refractivity contribution in [3.63, 3.8) is 0 Å². The van der Waals surface area contributed by atoms with Crippen LogP contribution < -0.4 is 15.0 Å². The molecule has 7 nitrogen and oxygen atoms in total. The van der Waals surface area contributed by atoms with Gasteiger partial charge in [0.2, 0.25) is 5.91 Å². The van der Waals surface area contributed by atoms with Gasteiger partial charge in [-0.15, -0.1) is 0 Å². The Labute approximate surface area is 176 Å². The first-order valence-corrected chi connectivity index (χ1v) is 9.92. The third kappa shape index (κ3) is 5.37. The van der Waals surface area contributed by atoms with Crippen LogP contribution in [-0.4, -0.2) is 37.0 Å². The predicted octanol–water partition coefficient (Wildman–Crippen LogP) is 3.32. The Kier molecular flexibility index (Phi) is 6.72. The van der Waals surface area contributed by atoms with Crippen LogP contribution in [0.2, 0.25) is 0 Å². The van der Waals surface area contributed by atoms with E-state index >= 15 is 0 Å². The van der Waals surface area contributed by atoms with Gasteiger partial charge in [-0.3, -0.25) is 14.4 Å². The summed E-state index contributed by atoms with van der Waals surface area (Å²) in [7, 11) is 0. The fourth-order valence-electron chi connectivity index (χ4n) is 3.25. The number of benzene rings is 2. The molecule has 0 bridgehead atoms. The van der Waals surface area contributed by atoms with E-state index in [1.807, 2.05) is 39.0 Å². The largest absolute Gasteiger partial charge is 0.491 e. The second kappa shape index (κ2) is 9.43. The molecule has 1 atom stereocenters. The van der Waals surface area contributed by atoms with Crippen LogP contribution >= 0.6 is 0 Å². The van der Waals surface area contributed by atoms with Gasteiger partial charge in [-0.1, -0.05) is 18.2 Å². The van der Waals surface area contributed by atoms with Crippen LogP contribution in [0.5, 0.6) is 5.75 Å². The molecule has 1 N–H and O–H groups in total. The highest BCUT2D eigenvalue weighted by Crippen LogP contribution is 2.27. The molecule has 1 saturated heterocycles. The van der Waals surface area contributed by atoms with Gasteiger partial charge in [-0.25, -0.2) is 0 Å². The van der Waals surface area contributed by atoms with Gasteiger partial charge < -0.3 is 19.7 Å². The van der Waals surface area contributed by atoms with Crippen molar-refractivity contribution in [2.24, 2.45) is 5.92 Å². The average molecular weight is 410 g/mol. The lowest BCUT2D eigenvalue weighted by atomic mass is 10.1. The maximum absolute atomic E-state index is 12.4. The van der Waals surface area contributed by atoms with Crippen molar-refractivity contribution in [2.45, 2.75) is 33.3 Å². The second-order valence-corrected chi connectivity index (χ2v) is 7.54. The van der Waals surface area contributed by atoms with E-state index in [9.17, 15) is 14.4 Å². The van der Waals surface area contributed by atoms with E-state index in [0.29, 0.717) is 11.4 Å². The number of hydrogen-bond acceptors (Lipinski definition) is 5. The summed E-state index contributed by atoms with van der Waals surface area (Å²) in [5.74, 6) is -1.00. The summed E-state index contributed by atoms with van der Waals surface area (Å²) in [6.07, 6.45) is 0.120. The van der Waals surface area contributed by atoms with Crippen molar-refractivity contribution in [1.82, 2.24) is 0 Å². The van der Waals surface area contributed by atoms with E-state index in [1.165, 1.54) is 0 Å². The van der Waals surface area contributed by atoms with Crippen LogP contribution in [-0.2, 0) is 19.1 Å². The summed E-state index contributed by atoms with van der Waals surface area (Å²) in [4.78, 5) is 38.4. The maximum Gasteiger partial charge on any atom is 0.311 e. The van der Waals surface area contributed by atoms with E-state index in [2.05, 4.69) is 5.32 Å². The summed E-state index contributed by atoms with van der Waals surface area (Å²) < 4.78 is 10.8. The summed E-state index contributed by atoms with van der Waals surface area (Å²) >= 11 is 0. The molecule has 1 aliphatic rings. The van der Waals surface area contributed by atoms with Crippen molar-refractivity contribution in [3.8, 4) is 5.75 Å². The number of ether oxygens (including phenoxy) is 2. The van der Waals surface area contributed by atoms with Crippen molar-refractivity contribution >= 4 is 29.2 Å². The molecule has 1 aliphatic heterocycles. The number of amides is 2. The Bertz CT molecular complexity index is 923. The molecule has 0 aromatic heterocycles. The highest BCUT2D eigenvalue weighted by atomic mass is 16.5. The van der Waals surface area contributed by atoms with Crippen LogP contribution in [0.15, 0.2) is 48.5 Å². The smallest absolute Gasteiger partial charge is 0.311 e. The molecule has 7 heteroatoms. The number of aryl methyl sites for hydroxylation is 1. The van der Waals surface area contributed by atoms with Gasteiger partial charge in [0.05, 0.1) is 12.0 Å². The third-order valence-corrected chi connectivity index (χ3v) is 4.74. The van der Waals surface area contributed by atoms with Crippen LogP contribution in [0.4, 0.5) is 11.4 Å². The minimum atomic E-state index is -0.602. The molecule has 1 fully saturated rings. The standard InChI is InChI=1S/C23H26N2O5/c1-15(2)30-19-10-8-18(9-11-19)25-13-17(12-22(25)27)23(28)29-14-21(26)24-20-7-5-4-6-16(20)3/h4-11,15,17H,12-14H2,1-3H3,(H,24,26)/t17-/m0/s1. The number of nitrogens with one attached hydrogen (secondary N) is 1. The quantitative estimate of drug-likeness (QED) is 0.708. The zero-order chi connectivity index (χ0) is 21.7. The van der Waals surface area contributed by atoms with Crippen molar-refractivity contribution in [2.75, 3.05) is 23.4 Å². The minimum absolute atomic E-state index is 0.0580. The Morgan fingerprint density at radius 2 is 1.83 bits per heavy atom. The number of anilines is 2. The number of carbonyl (C=O) groups is 3. The zero-order valence-corrected chi connectivity index (χ0v) is 17.4. The molecule has 2 amide bonds. The van der Waals surface area contributed by atoms with E-state index in [1.54, 1.807) is 35.2 Å². The lowest BCUT2D eigenvalue weighted by molar-refractivity contribution is -0.151. The molecule has 2 aromatic carbocycles. The molecule has 0 radical (unpaired) electrons. The zero-order valence-electron chi connectivity index (χ0n) is 17.4. The topological polar surface area (TPSA) is 84.9 Å². The van der Waals surface area contributed by atoms with Crippen LogP contribution in [0.25, 0.3) is 0 Å². The van der Waals surface area contributed by atoms with Crippen LogP contribution in [0.1, 0.15) is 25.8 Å². The monoisotopic (exact) mass is 410 g/mol. The van der Waals surface area contributed by atoms with Gasteiger partial charge in [-0.2, -0.15) is 0 Å². The minimum Gasteiger partial charge on any atom is -0.491 e.